The minimum absolute atomic E-state index is 0.0445. The molecular formula is C17H22N2O2. The van der Waals surface area contributed by atoms with Crippen molar-refractivity contribution in [1.29, 1.82) is 0 Å². The van der Waals surface area contributed by atoms with Crippen LogP contribution in [0.1, 0.15) is 48.0 Å². The first-order valence-corrected chi connectivity index (χ1v) is 7.76. The minimum atomic E-state index is -0.439. The van der Waals surface area contributed by atoms with Gasteiger partial charge in [0.1, 0.15) is 6.04 Å². The van der Waals surface area contributed by atoms with Crippen LogP contribution in [0.4, 0.5) is 0 Å². The Morgan fingerprint density at radius 3 is 2.71 bits per heavy atom. The summed E-state index contributed by atoms with van der Waals surface area (Å²) in [6, 6.07) is 7.31. The van der Waals surface area contributed by atoms with E-state index in [1.165, 1.54) is 6.42 Å². The van der Waals surface area contributed by atoms with E-state index in [0.29, 0.717) is 11.5 Å². The fourth-order valence-corrected chi connectivity index (χ4v) is 3.93. The van der Waals surface area contributed by atoms with Crippen molar-refractivity contribution in [2.24, 2.45) is 11.7 Å². The van der Waals surface area contributed by atoms with E-state index < -0.39 is 6.04 Å². The monoisotopic (exact) mass is 286 g/mol. The number of hydrogen-bond donors (Lipinski definition) is 1. The van der Waals surface area contributed by atoms with Gasteiger partial charge in [0.25, 0.3) is 5.91 Å². The molecule has 0 spiro atoms. The van der Waals surface area contributed by atoms with Crippen LogP contribution in [0.3, 0.4) is 0 Å². The van der Waals surface area contributed by atoms with Crippen LogP contribution in [0, 0.1) is 12.8 Å². The first kappa shape index (κ1) is 14.1. The van der Waals surface area contributed by atoms with Crippen molar-refractivity contribution in [1.82, 2.24) is 4.90 Å². The van der Waals surface area contributed by atoms with Gasteiger partial charge >= 0.3 is 0 Å². The SMILES string of the molecule is Cc1cccc(C(=O)N2[C@@H](C(N)=O)C[C@H]3CCCC[C@H]32)c1. The Morgan fingerprint density at radius 2 is 2.00 bits per heavy atom. The van der Waals surface area contributed by atoms with E-state index in [9.17, 15) is 9.59 Å². The van der Waals surface area contributed by atoms with Crippen molar-refractivity contribution in [2.75, 3.05) is 0 Å². The lowest BCUT2D eigenvalue weighted by molar-refractivity contribution is -0.122. The summed E-state index contributed by atoms with van der Waals surface area (Å²) in [6.45, 7) is 1.97. The number of benzene rings is 1. The average Bonchev–Trinajstić information content (AvgIpc) is 2.86. The van der Waals surface area contributed by atoms with Crippen LogP contribution in [0.2, 0.25) is 0 Å². The fraction of sp³-hybridized carbons (Fsp3) is 0.529. The van der Waals surface area contributed by atoms with Crippen LogP contribution in [0.15, 0.2) is 24.3 Å². The summed E-state index contributed by atoms with van der Waals surface area (Å²) in [5.74, 6) is 0.0207. The molecule has 3 rings (SSSR count). The molecule has 0 radical (unpaired) electrons. The molecule has 4 heteroatoms. The normalized spacial score (nSPS) is 28.2. The molecule has 0 unspecified atom stereocenters. The summed E-state index contributed by atoms with van der Waals surface area (Å²) in [6.07, 6.45) is 5.15. The molecule has 2 amide bonds. The summed E-state index contributed by atoms with van der Waals surface area (Å²) in [7, 11) is 0. The Balaban J connectivity index is 1.92. The van der Waals surface area contributed by atoms with Gasteiger partial charge in [0.2, 0.25) is 5.91 Å². The van der Waals surface area contributed by atoms with Crippen LogP contribution in [0.25, 0.3) is 0 Å². The summed E-state index contributed by atoms with van der Waals surface area (Å²) in [5, 5.41) is 0. The maximum Gasteiger partial charge on any atom is 0.254 e. The van der Waals surface area contributed by atoms with E-state index in [1.54, 1.807) is 4.90 Å². The fourth-order valence-electron chi connectivity index (χ4n) is 3.93. The third kappa shape index (κ3) is 2.55. The Labute approximate surface area is 125 Å². The van der Waals surface area contributed by atoms with Gasteiger partial charge in [-0.15, -0.1) is 0 Å². The van der Waals surface area contributed by atoms with Crippen LogP contribution in [0.5, 0.6) is 0 Å². The zero-order valence-corrected chi connectivity index (χ0v) is 12.4. The lowest BCUT2D eigenvalue weighted by Gasteiger charge is -2.33. The predicted octanol–water partition coefficient (Wildman–Crippen LogP) is 2.25. The molecule has 112 valence electrons. The highest BCUT2D eigenvalue weighted by Crippen LogP contribution is 2.40. The van der Waals surface area contributed by atoms with Gasteiger partial charge < -0.3 is 10.6 Å². The molecule has 3 atom stereocenters. The molecule has 1 aromatic carbocycles. The van der Waals surface area contributed by atoms with Crippen LogP contribution >= 0.6 is 0 Å². The number of likely N-dealkylation sites (tertiary alicyclic amines) is 1. The highest BCUT2D eigenvalue weighted by atomic mass is 16.2. The molecule has 21 heavy (non-hydrogen) atoms. The predicted molar refractivity (Wildman–Crippen MR) is 80.7 cm³/mol. The second-order valence-corrected chi connectivity index (χ2v) is 6.35. The van der Waals surface area contributed by atoms with Crippen molar-refractivity contribution in [3.8, 4) is 0 Å². The number of aryl methyl sites for hydroxylation is 1. The van der Waals surface area contributed by atoms with Crippen molar-refractivity contribution in [3.05, 3.63) is 35.4 Å². The average molecular weight is 286 g/mol. The first-order valence-electron chi connectivity index (χ1n) is 7.76. The van der Waals surface area contributed by atoms with E-state index in [2.05, 4.69) is 0 Å². The summed E-state index contributed by atoms with van der Waals surface area (Å²) in [5.41, 5.74) is 7.27. The molecule has 1 aliphatic carbocycles. The third-order valence-electron chi connectivity index (χ3n) is 4.92. The number of rotatable bonds is 2. The van der Waals surface area contributed by atoms with Gasteiger partial charge in [0.15, 0.2) is 0 Å². The molecule has 2 N–H and O–H groups in total. The van der Waals surface area contributed by atoms with Gasteiger partial charge in [0, 0.05) is 11.6 Å². The standard InChI is InChI=1S/C17H22N2O2/c1-11-5-4-7-13(9-11)17(21)19-14-8-3-2-6-12(14)10-15(19)16(18)20/h4-5,7,9,12,14-15H,2-3,6,8,10H2,1H3,(H2,18,20)/t12-,14-,15-/m1/s1. The minimum Gasteiger partial charge on any atom is -0.368 e. The number of nitrogens with zero attached hydrogens (tertiary/aromatic N) is 1. The molecule has 1 aliphatic heterocycles. The quantitative estimate of drug-likeness (QED) is 0.906. The number of fused-ring (bicyclic) bond motifs is 1. The first-order chi connectivity index (χ1) is 10.1. The summed E-state index contributed by atoms with van der Waals surface area (Å²) in [4.78, 5) is 26.5. The zero-order valence-electron chi connectivity index (χ0n) is 12.4. The van der Waals surface area contributed by atoms with E-state index >= 15 is 0 Å². The van der Waals surface area contributed by atoms with E-state index in [-0.39, 0.29) is 17.9 Å². The Kier molecular flexibility index (Phi) is 3.70. The lowest BCUT2D eigenvalue weighted by Crippen LogP contribution is -2.48. The van der Waals surface area contributed by atoms with Gasteiger partial charge in [-0.3, -0.25) is 9.59 Å². The van der Waals surface area contributed by atoms with E-state index in [0.717, 1.165) is 31.2 Å². The number of carbonyl (C=O) groups excluding carboxylic acids is 2. The molecule has 4 nitrogen and oxygen atoms in total. The number of carbonyl (C=O) groups is 2. The van der Waals surface area contributed by atoms with Crippen LogP contribution < -0.4 is 5.73 Å². The molecule has 0 aromatic heterocycles. The summed E-state index contributed by atoms with van der Waals surface area (Å²) >= 11 is 0. The van der Waals surface area contributed by atoms with Crippen molar-refractivity contribution in [2.45, 2.75) is 51.1 Å². The Morgan fingerprint density at radius 1 is 1.24 bits per heavy atom. The van der Waals surface area contributed by atoms with Gasteiger partial charge in [-0.1, -0.05) is 30.5 Å². The molecule has 1 heterocycles. The molecule has 1 aromatic rings. The number of hydrogen-bond acceptors (Lipinski definition) is 2. The zero-order chi connectivity index (χ0) is 15.0. The number of primary amides is 1. The molecule has 2 aliphatic rings. The maximum absolute atomic E-state index is 12.9. The largest absolute Gasteiger partial charge is 0.368 e. The molecule has 1 saturated heterocycles. The maximum atomic E-state index is 12.9. The highest BCUT2D eigenvalue weighted by Gasteiger charge is 2.46. The Bertz CT molecular complexity index is 570. The lowest BCUT2D eigenvalue weighted by atomic mass is 9.84. The van der Waals surface area contributed by atoms with Gasteiger partial charge in [-0.2, -0.15) is 0 Å². The second-order valence-electron chi connectivity index (χ2n) is 6.35. The van der Waals surface area contributed by atoms with Gasteiger partial charge in [0.05, 0.1) is 0 Å². The smallest absolute Gasteiger partial charge is 0.254 e. The molecule has 0 bridgehead atoms. The second kappa shape index (κ2) is 5.51. The Hall–Kier alpha value is -1.84. The molecule has 2 fully saturated rings. The van der Waals surface area contributed by atoms with Crippen molar-refractivity contribution >= 4 is 11.8 Å². The highest BCUT2D eigenvalue weighted by molar-refractivity contribution is 5.98. The number of nitrogens with two attached hydrogens (primary N) is 1. The topological polar surface area (TPSA) is 63.4 Å². The van der Waals surface area contributed by atoms with Gasteiger partial charge in [-0.05, 0) is 44.2 Å². The van der Waals surface area contributed by atoms with E-state index in [1.807, 2.05) is 31.2 Å². The van der Waals surface area contributed by atoms with Crippen LogP contribution in [-0.2, 0) is 4.79 Å². The van der Waals surface area contributed by atoms with Crippen molar-refractivity contribution in [3.63, 3.8) is 0 Å². The number of amides is 2. The molecular weight excluding hydrogens is 264 g/mol. The van der Waals surface area contributed by atoms with E-state index in [4.69, 9.17) is 5.73 Å². The third-order valence-corrected chi connectivity index (χ3v) is 4.92. The van der Waals surface area contributed by atoms with Crippen molar-refractivity contribution < 1.29 is 9.59 Å². The van der Waals surface area contributed by atoms with Crippen LogP contribution in [-0.4, -0.2) is 28.8 Å². The molecule has 1 saturated carbocycles. The summed E-state index contributed by atoms with van der Waals surface area (Å²) < 4.78 is 0. The van der Waals surface area contributed by atoms with Gasteiger partial charge in [-0.25, -0.2) is 0 Å².